The molecule has 0 saturated heterocycles. The van der Waals surface area contributed by atoms with Crippen molar-refractivity contribution in [3.05, 3.63) is 52.6 Å². The van der Waals surface area contributed by atoms with E-state index in [1.807, 2.05) is 19.1 Å². The molecule has 2 aromatic carbocycles. The fourth-order valence-corrected chi connectivity index (χ4v) is 2.00. The Kier molecular flexibility index (Phi) is 4.61. The number of nitro benzene ring substituents is 1. The molecule has 2 N–H and O–H groups in total. The Morgan fingerprint density at radius 2 is 1.81 bits per heavy atom. The summed E-state index contributed by atoms with van der Waals surface area (Å²) < 4.78 is 5.09. The third kappa shape index (κ3) is 3.42. The lowest BCUT2D eigenvalue weighted by atomic mass is 10.2. The molecule has 0 aromatic heterocycles. The van der Waals surface area contributed by atoms with Gasteiger partial charge < -0.3 is 15.4 Å². The molecule has 0 aliphatic rings. The number of methoxy groups -OCH3 is 1. The number of benzene rings is 2. The van der Waals surface area contributed by atoms with Gasteiger partial charge in [-0.15, -0.1) is 0 Å². The number of nitrogens with zero attached hydrogens (tertiary/aromatic N) is 1. The predicted octanol–water partition coefficient (Wildman–Crippen LogP) is 3.78. The molecule has 110 valence electrons. The maximum atomic E-state index is 11.3. The largest absolute Gasteiger partial charge is 0.497 e. The average molecular weight is 287 g/mol. The van der Waals surface area contributed by atoms with Gasteiger partial charge >= 0.3 is 5.69 Å². The number of para-hydroxylation sites is 1. The topological polar surface area (TPSA) is 76.4 Å². The minimum Gasteiger partial charge on any atom is -0.497 e. The van der Waals surface area contributed by atoms with Gasteiger partial charge in [0.25, 0.3) is 0 Å². The molecule has 0 atom stereocenters. The monoisotopic (exact) mass is 287 g/mol. The summed E-state index contributed by atoms with van der Waals surface area (Å²) in [6, 6.07) is 12.4. The first-order valence-electron chi connectivity index (χ1n) is 6.58. The third-order valence-electron chi connectivity index (χ3n) is 2.95. The average Bonchev–Trinajstić information content (AvgIpc) is 2.48. The van der Waals surface area contributed by atoms with E-state index in [2.05, 4.69) is 10.6 Å². The second-order valence-corrected chi connectivity index (χ2v) is 4.34. The molecule has 0 amide bonds. The van der Waals surface area contributed by atoms with Crippen molar-refractivity contribution in [2.24, 2.45) is 0 Å². The van der Waals surface area contributed by atoms with Crippen LogP contribution < -0.4 is 15.4 Å². The minimum absolute atomic E-state index is 0.0372. The Labute approximate surface area is 122 Å². The zero-order chi connectivity index (χ0) is 15.2. The SMILES string of the molecule is CCNc1cccc(Nc2ccc(OC)cc2)c1[N+](=O)[O-]. The van der Waals surface area contributed by atoms with Crippen molar-refractivity contribution in [2.75, 3.05) is 24.3 Å². The molecule has 0 spiro atoms. The van der Waals surface area contributed by atoms with E-state index >= 15 is 0 Å². The van der Waals surface area contributed by atoms with Gasteiger partial charge in [0.05, 0.1) is 12.0 Å². The Balaban J connectivity index is 2.33. The maximum absolute atomic E-state index is 11.3. The van der Waals surface area contributed by atoms with Gasteiger partial charge in [0.15, 0.2) is 0 Å². The van der Waals surface area contributed by atoms with Crippen molar-refractivity contribution in [2.45, 2.75) is 6.92 Å². The highest BCUT2D eigenvalue weighted by Gasteiger charge is 2.19. The summed E-state index contributed by atoms with van der Waals surface area (Å²) in [6.07, 6.45) is 0. The molecular formula is C15H17N3O3. The number of nitrogens with one attached hydrogen (secondary N) is 2. The van der Waals surface area contributed by atoms with E-state index in [0.717, 1.165) is 11.4 Å². The molecule has 0 saturated carbocycles. The predicted molar refractivity (Wildman–Crippen MR) is 83.5 cm³/mol. The minimum atomic E-state index is -0.385. The van der Waals surface area contributed by atoms with Crippen LogP contribution in [-0.2, 0) is 0 Å². The first-order chi connectivity index (χ1) is 10.2. The Hall–Kier alpha value is -2.76. The molecule has 6 heteroatoms. The highest BCUT2D eigenvalue weighted by Crippen LogP contribution is 2.34. The lowest BCUT2D eigenvalue weighted by molar-refractivity contribution is -0.383. The molecule has 2 aromatic rings. The molecule has 21 heavy (non-hydrogen) atoms. The maximum Gasteiger partial charge on any atom is 0.315 e. The zero-order valence-electron chi connectivity index (χ0n) is 11.9. The van der Waals surface area contributed by atoms with E-state index < -0.39 is 0 Å². The summed E-state index contributed by atoms with van der Waals surface area (Å²) in [6.45, 7) is 2.51. The number of hydrogen-bond donors (Lipinski definition) is 2. The second kappa shape index (κ2) is 6.60. The molecule has 0 unspecified atom stereocenters. The molecule has 2 rings (SSSR count). The van der Waals surface area contributed by atoms with Gasteiger partial charge in [-0.3, -0.25) is 10.1 Å². The zero-order valence-corrected chi connectivity index (χ0v) is 11.9. The van der Waals surface area contributed by atoms with Gasteiger partial charge in [-0.1, -0.05) is 6.07 Å². The van der Waals surface area contributed by atoms with Crippen LogP contribution in [0.5, 0.6) is 5.75 Å². The van der Waals surface area contributed by atoms with Gasteiger partial charge in [0.2, 0.25) is 0 Å². The Bertz CT molecular complexity index is 627. The van der Waals surface area contributed by atoms with Gasteiger partial charge in [0.1, 0.15) is 17.1 Å². The quantitative estimate of drug-likeness (QED) is 0.624. The lowest BCUT2D eigenvalue weighted by Gasteiger charge is -2.11. The van der Waals surface area contributed by atoms with Crippen molar-refractivity contribution >= 4 is 22.7 Å². The number of nitro groups is 1. The van der Waals surface area contributed by atoms with Crippen LogP contribution in [0.15, 0.2) is 42.5 Å². The van der Waals surface area contributed by atoms with E-state index in [1.165, 1.54) is 0 Å². The van der Waals surface area contributed by atoms with Gasteiger partial charge in [-0.25, -0.2) is 0 Å². The molecule has 0 heterocycles. The standard InChI is InChI=1S/C15H17N3O3/c1-3-16-13-5-4-6-14(15(13)18(19)20)17-11-7-9-12(21-2)10-8-11/h4-10,16-17H,3H2,1-2H3. The van der Waals surface area contributed by atoms with Crippen LogP contribution >= 0.6 is 0 Å². The van der Waals surface area contributed by atoms with Crippen molar-refractivity contribution in [1.82, 2.24) is 0 Å². The lowest BCUT2D eigenvalue weighted by Crippen LogP contribution is -2.04. The molecule has 0 bridgehead atoms. The third-order valence-corrected chi connectivity index (χ3v) is 2.95. The van der Waals surface area contributed by atoms with E-state index in [0.29, 0.717) is 17.9 Å². The van der Waals surface area contributed by atoms with Gasteiger partial charge in [-0.2, -0.15) is 0 Å². The van der Waals surface area contributed by atoms with Crippen molar-refractivity contribution in [3.8, 4) is 5.75 Å². The first-order valence-corrected chi connectivity index (χ1v) is 6.58. The summed E-state index contributed by atoms with van der Waals surface area (Å²) in [5.41, 5.74) is 1.74. The van der Waals surface area contributed by atoms with Gasteiger partial charge in [-0.05, 0) is 43.3 Å². The molecular weight excluding hydrogens is 270 g/mol. The van der Waals surface area contributed by atoms with Crippen LogP contribution in [0, 0.1) is 10.1 Å². The van der Waals surface area contributed by atoms with Crippen molar-refractivity contribution in [3.63, 3.8) is 0 Å². The molecule has 0 fully saturated rings. The molecule has 0 aliphatic heterocycles. The van der Waals surface area contributed by atoms with E-state index in [1.54, 1.807) is 37.4 Å². The van der Waals surface area contributed by atoms with E-state index in [-0.39, 0.29) is 10.6 Å². The van der Waals surface area contributed by atoms with Crippen LogP contribution in [-0.4, -0.2) is 18.6 Å². The number of hydrogen-bond acceptors (Lipinski definition) is 5. The summed E-state index contributed by atoms with van der Waals surface area (Å²) in [5.74, 6) is 0.733. The molecule has 0 radical (unpaired) electrons. The summed E-state index contributed by atoms with van der Waals surface area (Å²) in [5, 5.41) is 17.4. The normalized spacial score (nSPS) is 10.0. The van der Waals surface area contributed by atoms with Crippen LogP contribution in [0.4, 0.5) is 22.7 Å². The van der Waals surface area contributed by atoms with E-state index in [4.69, 9.17) is 4.74 Å². The Morgan fingerprint density at radius 3 is 2.38 bits per heavy atom. The van der Waals surface area contributed by atoms with Crippen molar-refractivity contribution in [1.29, 1.82) is 0 Å². The number of ether oxygens (including phenoxy) is 1. The fraction of sp³-hybridized carbons (Fsp3) is 0.200. The highest BCUT2D eigenvalue weighted by atomic mass is 16.6. The smallest absolute Gasteiger partial charge is 0.315 e. The summed E-state index contributed by atoms with van der Waals surface area (Å²) >= 11 is 0. The van der Waals surface area contributed by atoms with Gasteiger partial charge in [0, 0.05) is 12.2 Å². The van der Waals surface area contributed by atoms with Crippen LogP contribution in [0.1, 0.15) is 6.92 Å². The van der Waals surface area contributed by atoms with Crippen molar-refractivity contribution < 1.29 is 9.66 Å². The molecule has 6 nitrogen and oxygen atoms in total. The number of anilines is 3. The first kappa shape index (κ1) is 14.6. The van der Waals surface area contributed by atoms with Crippen LogP contribution in [0.3, 0.4) is 0 Å². The number of rotatable bonds is 6. The fourth-order valence-electron chi connectivity index (χ4n) is 2.00. The molecule has 0 aliphatic carbocycles. The van der Waals surface area contributed by atoms with E-state index in [9.17, 15) is 10.1 Å². The highest BCUT2D eigenvalue weighted by molar-refractivity contribution is 5.79. The summed E-state index contributed by atoms with van der Waals surface area (Å²) in [4.78, 5) is 10.9. The Morgan fingerprint density at radius 1 is 1.14 bits per heavy atom. The van der Waals surface area contributed by atoms with Crippen LogP contribution in [0.25, 0.3) is 0 Å². The van der Waals surface area contributed by atoms with Crippen LogP contribution in [0.2, 0.25) is 0 Å². The second-order valence-electron chi connectivity index (χ2n) is 4.34. The summed E-state index contributed by atoms with van der Waals surface area (Å²) in [7, 11) is 1.59.